The first-order valence-corrected chi connectivity index (χ1v) is 4.37. The molecule has 0 radical (unpaired) electrons. The Bertz CT molecular complexity index is 465. The van der Waals surface area contributed by atoms with Gasteiger partial charge in [0.25, 0.3) is 0 Å². The Labute approximate surface area is 91.3 Å². The first-order valence-electron chi connectivity index (χ1n) is 4.37. The zero-order chi connectivity index (χ0) is 12.1. The number of benzene rings is 1. The van der Waals surface area contributed by atoms with Crippen LogP contribution in [0.1, 0.15) is 10.4 Å². The summed E-state index contributed by atoms with van der Waals surface area (Å²) in [4.78, 5) is 22.7. The molecule has 82 valence electrons. The normalized spacial score (nSPS) is 11.3. The van der Waals surface area contributed by atoms with Gasteiger partial charge in [0.15, 0.2) is 5.78 Å². The summed E-state index contributed by atoms with van der Waals surface area (Å²) < 4.78 is 17.1. The van der Waals surface area contributed by atoms with Gasteiger partial charge in [-0.25, -0.2) is 4.39 Å². The van der Waals surface area contributed by atoms with Gasteiger partial charge in [-0.15, -0.1) is 0 Å². The summed E-state index contributed by atoms with van der Waals surface area (Å²) in [6, 6.07) is 6.31. The third kappa shape index (κ3) is 2.42. The van der Waals surface area contributed by atoms with Gasteiger partial charge in [0.1, 0.15) is 5.82 Å². The van der Waals surface area contributed by atoms with Crippen LogP contribution >= 0.6 is 0 Å². The van der Waals surface area contributed by atoms with Gasteiger partial charge in [-0.2, -0.15) is 5.26 Å². The van der Waals surface area contributed by atoms with Crippen LogP contribution in [0.3, 0.4) is 0 Å². The largest absolute Gasteiger partial charge is 0.468 e. The number of hydrogen-bond donors (Lipinski definition) is 0. The number of esters is 1. The maximum absolute atomic E-state index is 12.8. The number of nitrogens with zero attached hydrogens (tertiary/aromatic N) is 1. The molecule has 0 aliphatic carbocycles. The smallest absolute Gasteiger partial charge is 0.331 e. The minimum atomic E-state index is -1.55. The van der Waals surface area contributed by atoms with Gasteiger partial charge in [-0.05, 0) is 12.1 Å². The standard InChI is InChI=1S/C11H8FNO3/c1-16-11(15)9(6-13)10(14)7-3-2-4-8(12)5-7/h2-5,9H,1H3/t9-/m1/s1. The number of hydrogen-bond acceptors (Lipinski definition) is 4. The molecule has 1 rings (SSSR count). The molecule has 0 spiro atoms. The second kappa shape index (κ2) is 5.03. The SMILES string of the molecule is COC(=O)[C@H](C#N)C(=O)c1cccc(F)c1. The molecule has 0 aliphatic rings. The van der Waals surface area contributed by atoms with Crippen LogP contribution in [0.4, 0.5) is 4.39 Å². The minimum absolute atomic E-state index is 0.0306. The Morgan fingerprint density at radius 2 is 2.19 bits per heavy atom. The van der Waals surface area contributed by atoms with E-state index in [2.05, 4.69) is 4.74 Å². The molecule has 0 unspecified atom stereocenters. The van der Waals surface area contributed by atoms with Crippen molar-refractivity contribution in [1.82, 2.24) is 0 Å². The predicted molar refractivity (Wildman–Crippen MR) is 51.8 cm³/mol. The van der Waals surface area contributed by atoms with Crippen molar-refractivity contribution in [2.75, 3.05) is 7.11 Å². The molecule has 0 heterocycles. The Balaban J connectivity index is 3.02. The molecule has 0 aromatic heterocycles. The van der Waals surface area contributed by atoms with Crippen LogP contribution in [0, 0.1) is 23.1 Å². The van der Waals surface area contributed by atoms with Crippen LogP contribution in [0.5, 0.6) is 0 Å². The quantitative estimate of drug-likeness (QED) is 0.438. The van der Waals surface area contributed by atoms with Crippen LogP contribution in [0.25, 0.3) is 0 Å². The fourth-order valence-electron chi connectivity index (χ4n) is 1.14. The lowest BCUT2D eigenvalue weighted by Crippen LogP contribution is -2.24. The number of Topliss-reactive ketones (excluding diaryl/α,β-unsaturated/α-hetero) is 1. The van der Waals surface area contributed by atoms with Crippen LogP contribution < -0.4 is 0 Å². The maximum Gasteiger partial charge on any atom is 0.331 e. The van der Waals surface area contributed by atoms with E-state index in [0.29, 0.717) is 0 Å². The van der Waals surface area contributed by atoms with Crippen LogP contribution in [-0.4, -0.2) is 18.9 Å². The average Bonchev–Trinajstić information content (AvgIpc) is 2.29. The van der Waals surface area contributed by atoms with E-state index in [4.69, 9.17) is 5.26 Å². The molecule has 0 saturated heterocycles. The Morgan fingerprint density at radius 3 is 2.69 bits per heavy atom. The number of rotatable bonds is 3. The number of ketones is 1. The molecule has 0 bridgehead atoms. The number of nitriles is 1. The summed E-state index contributed by atoms with van der Waals surface area (Å²) in [5.74, 6) is -3.87. The van der Waals surface area contributed by atoms with E-state index in [1.54, 1.807) is 0 Å². The highest BCUT2D eigenvalue weighted by Crippen LogP contribution is 2.11. The number of methoxy groups -OCH3 is 1. The van der Waals surface area contributed by atoms with E-state index >= 15 is 0 Å². The number of halogens is 1. The second-order valence-corrected chi connectivity index (χ2v) is 2.96. The molecule has 0 amide bonds. The van der Waals surface area contributed by atoms with Crippen molar-refractivity contribution in [3.8, 4) is 6.07 Å². The molecular weight excluding hydrogens is 213 g/mol. The summed E-state index contributed by atoms with van der Waals surface area (Å²) in [5.41, 5.74) is -0.0306. The topological polar surface area (TPSA) is 67.2 Å². The molecule has 0 aliphatic heterocycles. The summed E-state index contributed by atoms with van der Waals surface area (Å²) in [6.45, 7) is 0. The number of carbonyl (C=O) groups is 2. The lowest BCUT2D eigenvalue weighted by molar-refractivity contribution is -0.141. The molecule has 0 N–H and O–H groups in total. The second-order valence-electron chi connectivity index (χ2n) is 2.96. The first-order chi connectivity index (χ1) is 7.60. The van der Waals surface area contributed by atoms with E-state index in [-0.39, 0.29) is 5.56 Å². The van der Waals surface area contributed by atoms with E-state index in [9.17, 15) is 14.0 Å². The van der Waals surface area contributed by atoms with Gasteiger partial charge in [0.05, 0.1) is 13.2 Å². The highest BCUT2D eigenvalue weighted by molar-refractivity contribution is 6.10. The number of ether oxygens (including phenoxy) is 1. The molecule has 0 fully saturated rings. The lowest BCUT2D eigenvalue weighted by Gasteiger charge is -2.05. The van der Waals surface area contributed by atoms with E-state index in [1.165, 1.54) is 18.2 Å². The fourth-order valence-corrected chi connectivity index (χ4v) is 1.14. The van der Waals surface area contributed by atoms with Crippen LogP contribution in [0.15, 0.2) is 24.3 Å². The average molecular weight is 221 g/mol. The molecule has 5 heteroatoms. The Kier molecular flexibility index (Phi) is 3.72. The van der Waals surface area contributed by atoms with Crippen molar-refractivity contribution in [3.05, 3.63) is 35.6 Å². The summed E-state index contributed by atoms with van der Waals surface area (Å²) in [5, 5.41) is 8.66. The van der Waals surface area contributed by atoms with Gasteiger partial charge in [-0.1, -0.05) is 12.1 Å². The van der Waals surface area contributed by atoms with Crippen molar-refractivity contribution in [2.24, 2.45) is 5.92 Å². The highest BCUT2D eigenvalue weighted by atomic mass is 19.1. The maximum atomic E-state index is 12.8. The van der Waals surface area contributed by atoms with Gasteiger partial charge < -0.3 is 4.74 Å². The zero-order valence-electron chi connectivity index (χ0n) is 8.44. The zero-order valence-corrected chi connectivity index (χ0v) is 8.44. The van der Waals surface area contributed by atoms with Crippen molar-refractivity contribution in [3.63, 3.8) is 0 Å². The van der Waals surface area contributed by atoms with Gasteiger partial charge in [0, 0.05) is 5.56 Å². The third-order valence-corrected chi connectivity index (χ3v) is 1.94. The number of carbonyl (C=O) groups excluding carboxylic acids is 2. The predicted octanol–water partition coefficient (Wildman–Crippen LogP) is 1.32. The minimum Gasteiger partial charge on any atom is -0.468 e. The monoisotopic (exact) mass is 221 g/mol. The van der Waals surface area contributed by atoms with E-state index < -0.39 is 23.5 Å². The first kappa shape index (κ1) is 11.9. The van der Waals surface area contributed by atoms with Gasteiger partial charge >= 0.3 is 5.97 Å². The molecule has 4 nitrogen and oxygen atoms in total. The molecule has 0 saturated carbocycles. The molecule has 1 aromatic carbocycles. The summed E-state index contributed by atoms with van der Waals surface area (Å²) in [6.07, 6.45) is 0. The Morgan fingerprint density at radius 1 is 1.50 bits per heavy atom. The molecule has 1 atom stereocenters. The van der Waals surface area contributed by atoms with Crippen molar-refractivity contribution < 1.29 is 18.7 Å². The molecule has 1 aromatic rings. The molecule has 16 heavy (non-hydrogen) atoms. The lowest BCUT2D eigenvalue weighted by atomic mass is 9.99. The highest BCUT2D eigenvalue weighted by Gasteiger charge is 2.28. The van der Waals surface area contributed by atoms with Crippen LogP contribution in [0.2, 0.25) is 0 Å². The van der Waals surface area contributed by atoms with E-state index in [1.807, 2.05) is 0 Å². The van der Waals surface area contributed by atoms with E-state index in [0.717, 1.165) is 19.2 Å². The summed E-state index contributed by atoms with van der Waals surface area (Å²) in [7, 11) is 1.07. The van der Waals surface area contributed by atoms with Crippen LogP contribution in [-0.2, 0) is 9.53 Å². The fraction of sp³-hybridized carbons (Fsp3) is 0.182. The van der Waals surface area contributed by atoms with Gasteiger partial charge in [0.2, 0.25) is 5.92 Å². The van der Waals surface area contributed by atoms with Crippen molar-refractivity contribution >= 4 is 11.8 Å². The van der Waals surface area contributed by atoms with Gasteiger partial charge in [-0.3, -0.25) is 9.59 Å². The third-order valence-electron chi connectivity index (χ3n) is 1.94. The van der Waals surface area contributed by atoms with Crippen molar-refractivity contribution in [1.29, 1.82) is 5.26 Å². The molecular formula is C11H8FNO3. The Hall–Kier alpha value is -2.22. The van der Waals surface area contributed by atoms with Crippen molar-refractivity contribution in [2.45, 2.75) is 0 Å². The summed E-state index contributed by atoms with van der Waals surface area (Å²) >= 11 is 0.